The third-order valence-corrected chi connectivity index (χ3v) is 5.27. The number of carbonyl (C=O) groups is 1. The SMILES string of the molecule is O=C1CCCN1c1ccc(NC(=S)NCCCOC2CCCCC2)cc1. The predicted octanol–water partition coefficient (Wildman–Crippen LogP) is 3.84. The largest absolute Gasteiger partial charge is 0.378 e. The first-order chi connectivity index (χ1) is 12.7. The third-order valence-electron chi connectivity index (χ3n) is 5.02. The highest BCUT2D eigenvalue weighted by Crippen LogP contribution is 2.23. The molecule has 26 heavy (non-hydrogen) atoms. The maximum atomic E-state index is 11.8. The Morgan fingerprint density at radius 1 is 1.15 bits per heavy atom. The number of benzene rings is 1. The van der Waals surface area contributed by atoms with E-state index in [1.54, 1.807) is 0 Å². The molecule has 1 aliphatic heterocycles. The summed E-state index contributed by atoms with van der Waals surface area (Å²) >= 11 is 5.34. The average molecular weight is 376 g/mol. The molecule has 1 heterocycles. The van der Waals surface area contributed by atoms with E-state index < -0.39 is 0 Å². The number of nitrogens with zero attached hydrogens (tertiary/aromatic N) is 1. The minimum Gasteiger partial charge on any atom is -0.378 e. The van der Waals surface area contributed by atoms with Crippen molar-refractivity contribution in [2.24, 2.45) is 0 Å². The highest BCUT2D eigenvalue weighted by molar-refractivity contribution is 7.80. The molecule has 1 saturated heterocycles. The van der Waals surface area contributed by atoms with Gasteiger partial charge in [0.1, 0.15) is 0 Å². The summed E-state index contributed by atoms with van der Waals surface area (Å²) in [6.45, 7) is 2.41. The zero-order chi connectivity index (χ0) is 18.2. The van der Waals surface area contributed by atoms with Crippen molar-refractivity contribution in [3.8, 4) is 0 Å². The molecule has 1 saturated carbocycles. The van der Waals surface area contributed by atoms with Crippen molar-refractivity contribution in [3.63, 3.8) is 0 Å². The van der Waals surface area contributed by atoms with E-state index in [9.17, 15) is 4.79 Å². The van der Waals surface area contributed by atoms with Crippen LogP contribution in [0.2, 0.25) is 0 Å². The Kier molecular flexibility index (Phi) is 7.26. The first kappa shape index (κ1) is 19.1. The van der Waals surface area contributed by atoms with Crippen LogP contribution >= 0.6 is 12.2 Å². The van der Waals surface area contributed by atoms with Crippen LogP contribution in [0.5, 0.6) is 0 Å². The number of carbonyl (C=O) groups excluding carboxylic acids is 1. The van der Waals surface area contributed by atoms with Crippen molar-refractivity contribution in [1.82, 2.24) is 5.32 Å². The van der Waals surface area contributed by atoms with Gasteiger partial charge in [0.2, 0.25) is 5.91 Å². The second kappa shape index (κ2) is 9.88. The molecule has 0 bridgehead atoms. The molecule has 1 aromatic carbocycles. The molecular formula is C20H29N3O2S. The fraction of sp³-hybridized carbons (Fsp3) is 0.600. The van der Waals surface area contributed by atoms with Gasteiger partial charge in [-0.3, -0.25) is 4.79 Å². The van der Waals surface area contributed by atoms with Crippen molar-refractivity contribution in [1.29, 1.82) is 0 Å². The first-order valence-corrected chi connectivity index (χ1v) is 10.2. The van der Waals surface area contributed by atoms with Crippen LogP contribution in [0.4, 0.5) is 11.4 Å². The molecule has 0 atom stereocenters. The quantitative estimate of drug-likeness (QED) is 0.560. The van der Waals surface area contributed by atoms with Crippen LogP contribution in [-0.2, 0) is 9.53 Å². The van der Waals surface area contributed by atoms with Crippen LogP contribution < -0.4 is 15.5 Å². The summed E-state index contributed by atoms with van der Waals surface area (Å²) < 4.78 is 5.92. The normalized spacial score (nSPS) is 18.2. The molecule has 1 aliphatic carbocycles. The Balaban J connectivity index is 1.32. The second-order valence-corrected chi connectivity index (χ2v) is 7.47. The molecule has 2 aliphatic rings. The van der Waals surface area contributed by atoms with E-state index >= 15 is 0 Å². The molecule has 2 fully saturated rings. The minimum atomic E-state index is 0.207. The van der Waals surface area contributed by atoms with E-state index in [0.717, 1.165) is 43.9 Å². The van der Waals surface area contributed by atoms with Gasteiger partial charge >= 0.3 is 0 Å². The molecule has 0 aromatic heterocycles. The fourth-order valence-corrected chi connectivity index (χ4v) is 3.80. The molecule has 6 heteroatoms. The molecule has 3 rings (SSSR count). The first-order valence-electron chi connectivity index (χ1n) is 9.79. The lowest BCUT2D eigenvalue weighted by molar-refractivity contribution is -0.117. The van der Waals surface area contributed by atoms with Crippen molar-refractivity contribution in [2.75, 3.05) is 29.9 Å². The monoisotopic (exact) mass is 375 g/mol. The number of amides is 1. The van der Waals surface area contributed by atoms with Gasteiger partial charge in [0.25, 0.3) is 0 Å². The molecule has 1 aromatic rings. The second-order valence-electron chi connectivity index (χ2n) is 7.06. The van der Waals surface area contributed by atoms with E-state index in [1.807, 2.05) is 29.2 Å². The zero-order valence-corrected chi connectivity index (χ0v) is 16.2. The highest BCUT2D eigenvalue weighted by atomic mass is 32.1. The Labute approximate surface area is 161 Å². The van der Waals surface area contributed by atoms with Gasteiger partial charge in [-0.15, -0.1) is 0 Å². The Bertz CT molecular complexity index is 600. The maximum absolute atomic E-state index is 11.8. The van der Waals surface area contributed by atoms with Gasteiger partial charge in [0.05, 0.1) is 6.10 Å². The number of ether oxygens (including phenoxy) is 1. The van der Waals surface area contributed by atoms with Crippen LogP contribution in [0.25, 0.3) is 0 Å². The van der Waals surface area contributed by atoms with Crippen LogP contribution in [0, 0.1) is 0 Å². The van der Waals surface area contributed by atoms with Gasteiger partial charge in [-0.05, 0) is 62.2 Å². The van der Waals surface area contributed by atoms with E-state index in [-0.39, 0.29) is 5.91 Å². The zero-order valence-electron chi connectivity index (χ0n) is 15.3. The predicted molar refractivity (Wildman–Crippen MR) is 110 cm³/mol. The Morgan fingerprint density at radius 3 is 2.62 bits per heavy atom. The van der Waals surface area contributed by atoms with E-state index in [4.69, 9.17) is 17.0 Å². The van der Waals surface area contributed by atoms with Crippen molar-refractivity contribution in [3.05, 3.63) is 24.3 Å². The van der Waals surface area contributed by atoms with Crippen molar-refractivity contribution >= 4 is 34.6 Å². The molecule has 0 spiro atoms. The smallest absolute Gasteiger partial charge is 0.227 e. The summed E-state index contributed by atoms with van der Waals surface area (Å²) in [6, 6.07) is 7.85. The lowest BCUT2D eigenvalue weighted by atomic mass is 9.98. The summed E-state index contributed by atoms with van der Waals surface area (Å²) in [5.74, 6) is 0.207. The Morgan fingerprint density at radius 2 is 1.92 bits per heavy atom. The van der Waals surface area contributed by atoms with Crippen molar-refractivity contribution < 1.29 is 9.53 Å². The van der Waals surface area contributed by atoms with Gasteiger partial charge in [-0.1, -0.05) is 19.3 Å². The number of hydrogen-bond acceptors (Lipinski definition) is 3. The molecule has 1 amide bonds. The summed E-state index contributed by atoms with van der Waals surface area (Å²) in [7, 11) is 0. The van der Waals surface area contributed by atoms with Crippen LogP contribution in [0.15, 0.2) is 24.3 Å². The molecule has 2 N–H and O–H groups in total. The number of rotatable bonds is 7. The van der Waals surface area contributed by atoms with E-state index in [0.29, 0.717) is 17.6 Å². The van der Waals surface area contributed by atoms with Gasteiger partial charge < -0.3 is 20.3 Å². The lowest BCUT2D eigenvalue weighted by Gasteiger charge is -2.22. The molecule has 142 valence electrons. The number of nitrogens with one attached hydrogen (secondary N) is 2. The molecule has 5 nitrogen and oxygen atoms in total. The van der Waals surface area contributed by atoms with Gasteiger partial charge in [-0.2, -0.15) is 0 Å². The highest BCUT2D eigenvalue weighted by Gasteiger charge is 2.21. The number of hydrogen-bond donors (Lipinski definition) is 2. The lowest BCUT2D eigenvalue weighted by Crippen LogP contribution is -2.30. The number of anilines is 2. The van der Waals surface area contributed by atoms with E-state index in [1.165, 1.54) is 32.1 Å². The van der Waals surface area contributed by atoms with Crippen LogP contribution in [0.3, 0.4) is 0 Å². The summed E-state index contributed by atoms with van der Waals surface area (Å²) in [5.41, 5.74) is 1.88. The Hall–Kier alpha value is -1.66. The average Bonchev–Trinajstić information content (AvgIpc) is 3.09. The van der Waals surface area contributed by atoms with Gasteiger partial charge in [0.15, 0.2) is 5.11 Å². The summed E-state index contributed by atoms with van der Waals surface area (Å²) in [6.07, 6.45) is 9.41. The summed E-state index contributed by atoms with van der Waals surface area (Å²) in [4.78, 5) is 13.6. The minimum absolute atomic E-state index is 0.207. The molecular weight excluding hydrogens is 346 g/mol. The maximum Gasteiger partial charge on any atom is 0.227 e. The van der Waals surface area contributed by atoms with Crippen molar-refractivity contribution in [2.45, 2.75) is 57.5 Å². The third kappa shape index (κ3) is 5.68. The molecule has 0 radical (unpaired) electrons. The van der Waals surface area contributed by atoms with Crippen LogP contribution in [-0.4, -0.2) is 36.8 Å². The van der Waals surface area contributed by atoms with Gasteiger partial charge in [0, 0.05) is 37.5 Å². The van der Waals surface area contributed by atoms with Gasteiger partial charge in [-0.25, -0.2) is 0 Å². The number of thiocarbonyl (C=S) groups is 1. The van der Waals surface area contributed by atoms with Crippen LogP contribution in [0.1, 0.15) is 51.4 Å². The topological polar surface area (TPSA) is 53.6 Å². The molecule has 0 unspecified atom stereocenters. The summed E-state index contributed by atoms with van der Waals surface area (Å²) in [5, 5.41) is 7.03. The fourth-order valence-electron chi connectivity index (χ4n) is 3.58. The standard InChI is InChI=1S/C20H29N3O2S/c24-19-8-4-14-23(19)17-11-9-16(10-12-17)22-20(26)21-13-5-15-25-18-6-2-1-3-7-18/h9-12,18H,1-8,13-15H2,(H2,21,22,26). The van der Waals surface area contributed by atoms with E-state index in [2.05, 4.69) is 10.6 Å².